The fraction of sp³-hybridized carbons (Fsp3) is 0.500. The van der Waals surface area contributed by atoms with Gasteiger partial charge in [-0.1, -0.05) is 23.8 Å². The molecule has 0 fully saturated rings. The summed E-state index contributed by atoms with van der Waals surface area (Å²) in [6, 6.07) is 5.91. The number of allylic oxidation sites excluding steroid dienone is 1. The highest BCUT2D eigenvalue weighted by Crippen LogP contribution is 2.22. The zero-order valence-corrected chi connectivity index (χ0v) is 13.2. The Bertz CT molecular complexity index is 534. The third-order valence-corrected chi connectivity index (χ3v) is 4.10. The third-order valence-electron chi connectivity index (χ3n) is 4.10. The van der Waals surface area contributed by atoms with E-state index < -0.39 is 6.10 Å². The predicted molar refractivity (Wildman–Crippen MR) is 85.6 cm³/mol. The van der Waals surface area contributed by atoms with Crippen molar-refractivity contribution in [2.45, 2.75) is 52.6 Å². The molecule has 0 saturated carbocycles. The molecule has 0 spiro atoms. The lowest BCUT2D eigenvalue weighted by Gasteiger charge is -2.18. The molecular weight excluding hydrogens is 262 g/mol. The molecule has 1 amide bonds. The lowest BCUT2D eigenvalue weighted by atomic mass is 10.00. The van der Waals surface area contributed by atoms with Crippen LogP contribution in [0.1, 0.15) is 43.7 Å². The molecule has 0 aromatic heterocycles. The zero-order chi connectivity index (χ0) is 15.2. The summed E-state index contributed by atoms with van der Waals surface area (Å²) in [4.78, 5) is 12.1. The van der Waals surface area contributed by atoms with Crippen LogP contribution in [-0.4, -0.2) is 18.6 Å². The average molecular weight is 287 g/mol. The van der Waals surface area contributed by atoms with Gasteiger partial charge in [-0.3, -0.25) is 4.79 Å². The van der Waals surface area contributed by atoms with Crippen molar-refractivity contribution in [2.75, 3.05) is 6.54 Å². The molecule has 0 heterocycles. The standard InChI is InChI=1S/C18H25NO2/c1-13-8-7-11-17(14(13)2)21-15(3)18(20)19-12-16-9-5-4-6-10-16/h7-9,11,15H,4-6,10,12H2,1-3H3,(H,19,20)/t15-/m1/s1. The molecule has 1 aromatic carbocycles. The molecule has 1 aromatic rings. The highest BCUT2D eigenvalue weighted by atomic mass is 16.5. The monoisotopic (exact) mass is 287 g/mol. The molecule has 0 unspecified atom stereocenters. The van der Waals surface area contributed by atoms with Gasteiger partial charge in [0.2, 0.25) is 0 Å². The molecule has 1 aliphatic carbocycles. The summed E-state index contributed by atoms with van der Waals surface area (Å²) in [7, 11) is 0. The first-order chi connectivity index (χ1) is 10.1. The minimum Gasteiger partial charge on any atom is -0.481 e. The van der Waals surface area contributed by atoms with E-state index in [0.29, 0.717) is 6.54 Å². The lowest BCUT2D eigenvalue weighted by molar-refractivity contribution is -0.127. The van der Waals surface area contributed by atoms with Crippen LogP contribution in [0, 0.1) is 13.8 Å². The van der Waals surface area contributed by atoms with Crippen LogP contribution in [0.15, 0.2) is 29.8 Å². The quantitative estimate of drug-likeness (QED) is 0.839. The largest absolute Gasteiger partial charge is 0.481 e. The Hall–Kier alpha value is -1.77. The van der Waals surface area contributed by atoms with Crippen LogP contribution in [-0.2, 0) is 4.79 Å². The molecule has 3 nitrogen and oxygen atoms in total. The van der Waals surface area contributed by atoms with Crippen molar-refractivity contribution in [1.82, 2.24) is 5.32 Å². The molecule has 0 radical (unpaired) electrons. The summed E-state index contributed by atoms with van der Waals surface area (Å²) in [6.45, 7) is 6.51. The number of rotatable bonds is 5. The summed E-state index contributed by atoms with van der Waals surface area (Å²) in [5, 5.41) is 2.97. The number of carbonyl (C=O) groups excluding carboxylic acids is 1. The summed E-state index contributed by atoms with van der Waals surface area (Å²) in [5.74, 6) is 0.733. The number of amides is 1. The van der Waals surface area contributed by atoms with Crippen molar-refractivity contribution in [3.8, 4) is 5.75 Å². The van der Waals surface area contributed by atoms with Gasteiger partial charge in [0.15, 0.2) is 6.10 Å². The van der Waals surface area contributed by atoms with Crippen LogP contribution >= 0.6 is 0 Å². The van der Waals surface area contributed by atoms with Crippen LogP contribution < -0.4 is 10.1 Å². The molecule has 1 N–H and O–H groups in total. The van der Waals surface area contributed by atoms with Gasteiger partial charge in [0.25, 0.3) is 5.91 Å². The van der Waals surface area contributed by atoms with Crippen molar-refractivity contribution in [1.29, 1.82) is 0 Å². The van der Waals surface area contributed by atoms with Crippen molar-refractivity contribution >= 4 is 5.91 Å². The maximum Gasteiger partial charge on any atom is 0.261 e. The fourth-order valence-electron chi connectivity index (χ4n) is 2.51. The highest BCUT2D eigenvalue weighted by Gasteiger charge is 2.16. The van der Waals surface area contributed by atoms with Crippen LogP contribution in [0.2, 0.25) is 0 Å². The summed E-state index contributed by atoms with van der Waals surface area (Å²) in [5.41, 5.74) is 3.60. The molecule has 21 heavy (non-hydrogen) atoms. The van der Waals surface area contributed by atoms with E-state index in [2.05, 4.69) is 11.4 Å². The van der Waals surface area contributed by atoms with E-state index in [4.69, 9.17) is 4.74 Å². The Morgan fingerprint density at radius 1 is 1.33 bits per heavy atom. The SMILES string of the molecule is Cc1cccc(O[C@H](C)C(=O)NCC2=CCCCC2)c1C. The van der Waals surface area contributed by atoms with Gasteiger partial charge in [0.1, 0.15) is 5.75 Å². The first-order valence-corrected chi connectivity index (χ1v) is 7.76. The Kier molecular flexibility index (Phi) is 5.43. The molecule has 3 heteroatoms. The Morgan fingerprint density at radius 3 is 2.86 bits per heavy atom. The van der Waals surface area contributed by atoms with Crippen LogP contribution in [0.25, 0.3) is 0 Å². The van der Waals surface area contributed by atoms with E-state index in [9.17, 15) is 4.79 Å². The van der Waals surface area contributed by atoms with E-state index >= 15 is 0 Å². The third kappa shape index (κ3) is 4.35. The fourth-order valence-corrected chi connectivity index (χ4v) is 2.51. The van der Waals surface area contributed by atoms with Crippen molar-refractivity contribution in [3.05, 3.63) is 41.0 Å². The first kappa shape index (κ1) is 15.6. The van der Waals surface area contributed by atoms with E-state index in [-0.39, 0.29) is 5.91 Å². The van der Waals surface area contributed by atoms with Crippen molar-refractivity contribution in [3.63, 3.8) is 0 Å². The van der Waals surface area contributed by atoms with E-state index in [0.717, 1.165) is 24.2 Å². The number of carbonyl (C=O) groups is 1. The van der Waals surface area contributed by atoms with E-state index in [1.165, 1.54) is 24.0 Å². The van der Waals surface area contributed by atoms with Crippen LogP contribution in [0.4, 0.5) is 0 Å². The number of hydrogen-bond donors (Lipinski definition) is 1. The van der Waals surface area contributed by atoms with Gasteiger partial charge in [-0.25, -0.2) is 0 Å². The van der Waals surface area contributed by atoms with Gasteiger partial charge in [-0.15, -0.1) is 0 Å². The molecule has 114 valence electrons. The first-order valence-electron chi connectivity index (χ1n) is 7.76. The van der Waals surface area contributed by atoms with E-state index in [1.807, 2.05) is 32.0 Å². The second-order valence-electron chi connectivity index (χ2n) is 5.78. The summed E-state index contributed by atoms with van der Waals surface area (Å²) in [6.07, 6.45) is 6.52. The predicted octanol–water partition coefficient (Wildman–Crippen LogP) is 3.69. The maximum atomic E-state index is 12.1. The molecular formula is C18H25NO2. The topological polar surface area (TPSA) is 38.3 Å². The van der Waals surface area contributed by atoms with Crippen molar-refractivity contribution in [2.24, 2.45) is 0 Å². The van der Waals surface area contributed by atoms with Gasteiger partial charge in [0.05, 0.1) is 0 Å². The number of ether oxygens (including phenoxy) is 1. The molecule has 1 atom stereocenters. The molecule has 0 bridgehead atoms. The summed E-state index contributed by atoms with van der Waals surface area (Å²) >= 11 is 0. The number of aryl methyl sites for hydroxylation is 1. The zero-order valence-electron chi connectivity index (χ0n) is 13.2. The molecule has 1 aliphatic rings. The average Bonchev–Trinajstić information content (AvgIpc) is 2.50. The second kappa shape index (κ2) is 7.30. The Labute approximate surface area is 127 Å². The van der Waals surface area contributed by atoms with Gasteiger partial charge < -0.3 is 10.1 Å². The van der Waals surface area contributed by atoms with Crippen molar-refractivity contribution < 1.29 is 9.53 Å². The Balaban J connectivity index is 1.87. The van der Waals surface area contributed by atoms with Gasteiger partial charge in [-0.05, 0) is 63.6 Å². The minimum absolute atomic E-state index is 0.0534. The number of hydrogen-bond acceptors (Lipinski definition) is 2. The number of nitrogens with one attached hydrogen (secondary N) is 1. The van der Waals surface area contributed by atoms with Gasteiger partial charge in [-0.2, -0.15) is 0 Å². The van der Waals surface area contributed by atoms with Crippen LogP contribution in [0.3, 0.4) is 0 Å². The minimum atomic E-state index is -0.477. The summed E-state index contributed by atoms with van der Waals surface area (Å²) < 4.78 is 5.80. The molecule has 0 aliphatic heterocycles. The maximum absolute atomic E-state index is 12.1. The van der Waals surface area contributed by atoms with E-state index in [1.54, 1.807) is 6.92 Å². The second-order valence-corrected chi connectivity index (χ2v) is 5.78. The normalized spacial score (nSPS) is 16.0. The smallest absolute Gasteiger partial charge is 0.261 e. The van der Waals surface area contributed by atoms with Crippen LogP contribution in [0.5, 0.6) is 5.75 Å². The number of benzene rings is 1. The molecule has 0 saturated heterocycles. The molecule has 2 rings (SSSR count). The van der Waals surface area contributed by atoms with Gasteiger partial charge >= 0.3 is 0 Å². The van der Waals surface area contributed by atoms with Gasteiger partial charge in [0, 0.05) is 6.54 Å². The lowest BCUT2D eigenvalue weighted by Crippen LogP contribution is -2.37. The highest BCUT2D eigenvalue weighted by molar-refractivity contribution is 5.81. The Morgan fingerprint density at radius 2 is 2.14 bits per heavy atom.